The molecular weight excluding hydrogens is 367 g/mol. The van der Waals surface area contributed by atoms with Crippen molar-refractivity contribution in [3.8, 4) is 0 Å². The third-order valence-corrected chi connectivity index (χ3v) is 4.12. The van der Waals surface area contributed by atoms with Gasteiger partial charge in [-0.1, -0.05) is 0 Å². The molecule has 2 aromatic heterocycles. The molecule has 1 aliphatic carbocycles. The number of aliphatic carboxylic acids is 1. The molecule has 146 valence electrons. The number of nitrogens with zero attached hydrogens (tertiary/aromatic N) is 4. The highest BCUT2D eigenvalue weighted by atomic mass is 19.4. The van der Waals surface area contributed by atoms with E-state index >= 15 is 0 Å². The van der Waals surface area contributed by atoms with Gasteiger partial charge >= 0.3 is 12.1 Å². The van der Waals surface area contributed by atoms with Crippen molar-refractivity contribution in [3.05, 3.63) is 35.4 Å². The Morgan fingerprint density at radius 2 is 2.07 bits per heavy atom. The Kier molecular flexibility index (Phi) is 5.19. The first-order valence-electron chi connectivity index (χ1n) is 8.41. The van der Waals surface area contributed by atoms with Crippen LogP contribution < -0.4 is 5.32 Å². The van der Waals surface area contributed by atoms with Gasteiger partial charge in [0.2, 0.25) is 0 Å². The van der Waals surface area contributed by atoms with Crippen LogP contribution in [-0.2, 0) is 24.1 Å². The molecule has 1 fully saturated rings. The SMILES string of the molecule is O=C(O)Cn1cc(C(=O)NCCCn2nc(C(F)(F)F)cc2C2CC2)cn1. The molecule has 0 bridgehead atoms. The second-order valence-corrected chi connectivity index (χ2v) is 6.38. The highest BCUT2D eigenvalue weighted by Crippen LogP contribution is 2.42. The maximum absolute atomic E-state index is 12.9. The van der Waals surface area contributed by atoms with Gasteiger partial charge in [0, 0.05) is 30.9 Å². The summed E-state index contributed by atoms with van der Waals surface area (Å²) in [6.07, 6.45) is 0.234. The smallest absolute Gasteiger partial charge is 0.435 e. The van der Waals surface area contributed by atoms with Crippen LogP contribution in [0.4, 0.5) is 13.2 Å². The molecule has 0 spiro atoms. The van der Waals surface area contributed by atoms with Crippen molar-refractivity contribution in [2.75, 3.05) is 6.54 Å². The number of aromatic nitrogens is 4. The molecule has 1 aliphatic rings. The molecule has 0 saturated heterocycles. The lowest BCUT2D eigenvalue weighted by Crippen LogP contribution is -2.25. The van der Waals surface area contributed by atoms with Crippen LogP contribution in [-0.4, -0.2) is 43.1 Å². The van der Waals surface area contributed by atoms with Gasteiger partial charge in [0.1, 0.15) is 6.54 Å². The molecule has 3 rings (SSSR count). The normalized spacial score (nSPS) is 14.3. The van der Waals surface area contributed by atoms with E-state index in [0.29, 0.717) is 12.1 Å². The molecule has 1 amide bonds. The average Bonchev–Trinajstić information content (AvgIpc) is 3.14. The van der Waals surface area contributed by atoms with Crippen LogP contribution in [0.3, 0.4) is 0 Å². The fraction of sp³-hybridized carbons (Fsp3) is 0.500. The molecular formula is C16H18F3N5O3. The second kappa shape index (κ2) is 7.41. The van der Waals surface area contributed by atoms with E-state index in [2.05, 4.69) is 15.5 Å². The van der Waals surface area contributed by atoms with E-state index in [0.717, 1.165) is 23.6 Å². The van der Waals surface area contributed by atoms with Gasteiger partial charge < -0.3 is 10.4 Å². The largest absolute Gasteiger partial charge is 0.480 e. The Bertz CT molecular complexity index is 839. The third-order valence-electron chi connectivity index (χ3n) is 4.12. The van der Waals surface area contributed by atoms with Gasteiger partial charge in [-0.15, -0.1) is 0 Å². The van der Waals surface area contributed by atoms with Crippen molar-refractivity contribution >= 4 is 11.9 Å². The first-order valence-corrected chi connectivity index (χ1v) is 8.41. The topological polar surface area (TPSA) is 102 Å². The van der Waals surface area contributed by atoms with E-state index in [1.807, 2.05) is 0 Å². The van der Waals surface area contributed by atoms with Crippen molar-refractivity contribution in [2.45, 2.75) is 44.4 Å². The van der Waals surface area contributed by atoms with Crippen LogP contribution in [0.1, 0.15) is 46.9 Å². The third kappa shape index (κ3) is 4.86. The van der Waals surface area contributed by atoms with Crippen LogP contribution in [0, 0.1) is 0 Å². The number of nitrogens with one attached hydrogen (secondary N) is 1. The van der Waals surface area contributed by atoms with Gasteiger partial charge in [-0.3, -0.25) is 19.0 Å². The van der Waals surface area contributed by atoms with Gasteiger partial charge in [-0.25, -0.2) is 0 Å². The number of hydrogen-bond donors (Lipinski definition) is 2. The standard InChI is InChI=1S/C16H18F3N5O3/c17-16(18,19)13-6-12(10-2-3-10)24(22-13)5-1-4-20-15(27)11-7-21-23(8-11)9-14(25)26/h6-8,10H,1-5,9H2,(H,20,27)(H,25,26). The summed E-state index contributed by atoms with van der Waals surface area (Å²) in [6.45, 7) is 0.160. The number of aryl methyl sites for hydroxylation is 1. The molecule has 2 heterocycles. The van der Waals surface area contributed by atoms with Gasteiger partial charge in [0.25, 0.3) is 5.91 Å². The van der Waals surface area contributed by atoms with Crippen LogP contribution in [0.15, 0.2) is 18.5 Å². The Labute approximate surface area is 152 Å². The van der Waals surface area contributed by atoms with Crippen LogP contribution in [0.5, 0.6) is 0 Å². The quantitative estimate of drug-likeness (QED) is 0.676. The minimum atomic E-state index is -4.47. The van der Waals surface area contributed by atoms with Gasteiger partial charge in [0.05, 0.1) is 11.8 Å². The van der Waals surface area contributed by atoms with Gasteiger partial charge in [-0.05, 0) is 25.3 Å². The molecule has 1 saturated carbocycles. The summed E-state index contributed by atoms with van der Waals surface area (Å²) in [5.74, 6) is -1.37. The summed E-state index contributed by atoms with van der Waals surface area (Å²) in [7, 11) is 0. The lowest BCUT2D eigenvalue weighted by atomic mass is 10.2. The molecule has 0 atom stereocenters. The fourth-order valence-corrected chi connectivity index (χ4v) is 2.70. The number of alkyl halides is 3. The number of carbonyl (C=O) groups excluding carboxylic acids is 1. The summed E-state index contributed by atoms with van der Waals surface area (Å²) in [5, 5.41) is 18.7. The van der Waals surface area contributed by atoms with E-state index in [9.17, 15) is 22.8 Å². The number of rotatable bonds is 8. The van der Waals surface area contributed by atoms with Crippen LogP contribution >= 0.6 is 0 Å². The summed E-state index contributed by atoms with van der Waals surface area (Å²) >= 11 is 0. The van der Waals surface area contributed by atoms with Crippen molar-refractivity contribution in [1.29, 1.82) is 0 Å². The Morgan fingerprint density at radius 1 is 1.33 bits per heavy atom. The number of hydrogen-bond acceptors (Lipinski definition) is 4. The molecule has 0 unspecified atom stereocenters. The maximum atomic E-state index is 12.9. The second-order valence-electron chi connectivity index (χ2n) is 6.38. The van der Waals surface area contributed by atoms with E-state index in [4.69, 9.17) is 5.11 Å². The van der Waals surface area contributed by atoms with E-state index in [1.165, 1.54) is 17.1 Å². The van der Waals surface area contributed by atoms with E-state index < -0.39 is 23.7 Å². The number of halogens is 3. The zero-order chi connectivity index (χ0) is 19.6. The van der Waals surface area contributed by atoms with Crippen molar-refractivity contribution in [3.63, 3.8) is 0 Å². The molecule has 27 heavy (non-hydrogen) atoms. The summed E-state index contributed by atoms with van der Waals surface area (Å²) in [4.78, 5) is 22.6. The van der Waals surface area contributed by atoms with Crippen LogP contribution in [0.2, 0.25) is 0 Å². The summed E-state index contributed by atoms with van der Waals surface area (Å²) < 4.78 is 41.1. The van der Waals surface area contributed by atoms with Gasteiger partial charge in [0.15, 0.2) is 5.69 Å². The molecule has 0 aliphatic heterocycles. The highest BCUT2D eigenvalue weighted by Gasteiger charge is 2.37. The maximum Gasteiger partial charge on any atom is 0.435 e. The zero-order valence-corrected chi connectivity index (χ0v) is 14.2. The zero-order valence-electron chi connectivity index (χ0n) is 14.2. The molecule has 2 aromatic rings. The van der Waals surface area contributed by atoms with Crippen molar-refractivity contribution in [2.24, 2.45) is 0 Å². The number of carbonyl (C=O) groups is 2. The summed E-state index contributed by atoms with van der Waals surface area (Å²) in [5.41, 5.74) is -0.0868. The first kappa shape index (κ1) is 18.9. The molecule has 0 radical (unpaired) electrons. The Balaban J connectivity index is 1.51. The molecule has 2 N–H and O–H groups in total. The number of carboxylic acids is 1. The first-order chi connectivity index (χ1) is 12.7. The number of amides is 1. The van der Waals surface area contributed by atoms with Crippen molar-refractivity contribution in [1.82, 2.24) is 24.9 Å². The predicted octanol–water partition coefficient (Wildman–Crippen LogP) is 1.88. The molecule has 11 heteroatoms. The molecule has 8 nitrogen and oxygen atoms in total. The lowest BCUT2D eigenvalue weighted by Gasteiger charge is -2.07. The highest BCUT2D eigenvalue weighted by molar-refractivity contribution is 5.93. The minimum Gasteiger partial charge on any atom is -0.480 e. The number of carboxylic acid groups (broad SMARTS) is 1. The van der Waals surface area contributed by atoms with E-state index in [-0.39, 0.29) is 31.1 Å². The summed E-state index contributed by atoms with van der Waals surface area (Å²) in [6, 6.07) is 1.10. The Morgan fingerprint density at radius 3 is 2.70 bits per heavy atom. The average molecular weight is 385 g/mol. The van der Waals surface area contributed by atoms with Crippen LogP contribution in [0.25, 0.3) is 0 Å². The predicted molar refractivity (Wildman–Crippen MR) is 86.0 cm³/mol. The fourth-order valence-electron chi connectivity index (χ4n) is 2.70. The monoisotopic (exact) mass is 385 g/mol. The minimum absolute atomic E-state index is 0.128. The Hall–Kier alpha value is -2.85. The van der Waals surface area contributed by atoms with E-state index in [1.54, 1.807) is 0 Å². The van der Waals surface area contributed by atoms with Gasteiger partial charge in [-0.2, -0.15) is 23.4 Å². The van der Waals surface area contributed by atoms with Crippen molar-refractivity contribution < 1.29 is 27.9 Å². The molecule has 0 aromatic carbocycles. The lowest BCUT2D eigenvalue weighted by molar-refractivity contribution is -0.141.